The standard InChI is InChI=1S/C7H5F2N3O/c8-2-1-3(10)5-6(4(2)9)13-7(11)12-5/h1H,10H2,(H2,11,12). The normalized spacial score (nSPS) is 10.9. The molecular formula is C7H5F2N3O. The lowest BCUT2D eigenvalue weighted by Crippen LogP contribution is -1.92. The van der Waals surface area contributed by atoms with E-state index in [1.807, 2.05) is 0 Å². The molecule has 1 aromatic heterocycles. The third-order valence-electron chi connectivity index (χ3n) is 1.61. The largest absolute Gasteiger partial charge is 0.420 e. The lowest BCUT2D eigenvalue weighted by molar-refractivity contribution is 0.495. The van der Waals surface area contributed by atoms with Crippen LogP contribution in [0, 0.1) is 11.6 Å². The Hall–Kier alpha value is -1.85. The molecule has 0 aliphatic heterocycles. The van der Waals surface area contributed by atoms with E-state index in [2.05, 4.69) is 9.40 Å². The SMILES string of the molecule is Nc1nc2c(N)cc(F)c(F)c2o1. The summed E-state index contributed by atoms with van der Waals surface area (Å²) in [5.41, 5.74) is 10.2. The van der Waals surface area contributed by atoms with Crippen LogP contribution >= 0.6 is 0 Å². The van der Waals surface area contributed by atoms with Gasteiger partial charge in [0.25, 0.3) is 6.01 Å². The van der Waals surface area contributed by atoms with Crippen molar-refractivity contribution in [3.63, 3.8) is 0 Å². The Morgan fingerprint density at radius 3 is 2.69 bits per heavy atom. The molecule has 6 heteroatoms. The second-order valence-corrected chi connectivity index (χ2v) is 2.49. The first-order chi connectivity index (χ1) is 6.09. The fourth-order valence-electron chi connectivity index (χ4n) is 1.06. The van der Waals surface area contributed by atoms with Gasteiger partial charge in [-0.1, -0.05) is 0 Å². The van der Waals surface area contributed by atoms with Crippen molar-refractivity contribution in [1.29, 1.82) is 0 Å². The highest BCUT2D eigenvalue weighted by molar-refractivity contribution is 5.86. The molecule has 0 unspecified atom stereocenters. The van der Waals surface area contributed by atoms with Crippen molar-refractivity contribution in [3.8, 4) is 0 Å². The van der Waals surface area contributed by atoms with Crippen LogP contribution in [0.5, 0.6) is 0 Å². The zero-order chi connectivity index (χ0) is 9.59. The van der Waals surface area contributed by atoms with Crippen LogP contribution in [0.2, 0.25) is 0 Å². The van der Waals surface area contributed by atoms with Crippen LogP contribution < -0.4 is 11.5 Å². The highest BCUT2D eigenvalue weighted by Gasteiger charge is 2.16. The first-order valence-corrected chi connectivity index (χ1v) is 3.39. The van der Waals surface area contributed by atoms with E-state index in [1.165, 1.54) is 0 Å². The number of halogens is 2. The molecule has 0 aliphatic carbocycles. The zero-order valence-corrected chi connectivity index (χ0v) is 6.34. The van der Waals surface area contributed by atoms with E-state index < -0.39 is 11.6 Å². The first-order valence-electron chi connectivity index (χ1n) is 3.39. The number of benzene rings is 1. The van der Waals surface area contributed by atoms with Gasteiger partial charge in [-0.3, -0.25) is 0 Å². The molecule has 1 heterocycles. The molecule has 2 aromatic rings. The number of hydrogen-bond donors (Lipinski definition) is 2. The number of aromatic nitrogens is 1. The maximum absolute atomic E-state index is 13.0. The summed E-state index contributed by atoms with van der Waals surface area (Å²) < 4.78 is 30.3. The van der Waals surface area contributed by atoms with Crippen LogP contribution in [-0.2, 0) is 0 Å². The average molecular weight is 185 g/mol. The van der Waals surface area contributed by atoms with E-state index in [4.69, 9.17) is 11.5 Å². The Morgan fingerprint density at radius 2 is 2.00 bits per heavy atom. The van der Waals surface area contributed by atoms with Gasteiger partial charge in [0.15, 0.2) is 11.4 Å². The lowest BCUT2D eigenvalue weighted by atomic mass is 10.2. The van der Waals surface area contributed by atoms with Crippen LogP contribution in [0.4, 0.5) is 20.5 Å². The zero-order valence-electron chi connectivity index (χ0n) is 6.34. The van der Waals surface area contributed by atoms with E-state index in [-0.39, 0.29) is 22.8 Å². The van der Waals surface area contributed by atoms with Crippen LogP contribution in [0.3, 0.4) is 0 Å². The summed E-state index contributed by atoms with van der Waals surface area (Å²) in [5, 5.41) is 0. The molecule has 4 N–H and O–H groups in total. The third-order valence-corrected chi connectivity index (χ3v) is 1.61. The Labute approximate surface area is 71.1 Å². The van der Waals surface area contributed by atoms with E-state index in [0.717, 1.165) is 6.07 Å². The van der Waals surface area contributed by atoms with E-state index in [9.17, 15) is 8.78 Å². The Bertz CT molecular complexity index is 480. The number of hydrogen-bond acceptors (Lipinski definition) is 4. The second kappa shape index (κ2) is 2.32. The smallest absolute Gasteiger partial charge is 0.293 e. The predicted octanol–water partition coefficient (Wildman–Crippen LogP) is 1.27. The minimum atomic E-state index is -1.13. The van der Waals surface area contributed by atoms with Gasteiger partial charge in [0.1, 0.15) is 5.52 Å². The van der Waals surface area contributed by atoms with Crippen LogP contribution in [0.25, 0.3) is 11.1 Å². The summed E-state index contributed by atoms with van der Waals surface area (Å²) in [7, 11) is 0. The maximum atomic E-state index is 13.0. The van der Waals surface area contributed by atoms with Gasteiger partial charge in [0.2, 0.25) is 5.82 Å². The summed E-state index contributed by atoms with van der Waals surface area (Å²) in [5.74, 6) is -2.21. The molecule has 0 radical (unpaired) electrons. The van der Waals surface area contributed by atoms with Crippen LogP contribution in [-0.4, -0.2) is 4.98 Å². The van der Waals surface area contributed by atoms with Gasteiger partial charge in [0, 0.05) is 6.07 Å². The second-order valence-electron chi connectivity index (χ2n) is 2.49. The predicted molar refractivity (Wildman–Crippen MR) is 42.7 cm³/mol. The summed E-state index contributed by atoms with van der Waals surface area (Å²) in [4.78, 5) is 3.59. The molecule has 1 aromatic carbocycles. The van der Waals surface area contributed by atoms with Crippen molar-refractivity contribution in [2.45, 2.75) is 0 Å². The van der Waals surface area contributed by atoms with Gasteiger partial charge in [-0.2, -0.15) is 9.37 Å². The van der Waals surface area contributed by atoms with Crippen LogP contribution in [0.15, 0.2) is 10.5 Å². The average Bonchev–Trinajstić information content (AvgIpc) is 2.44. The molecule has 0 aliphatic rings. The maximum Gasteiger partial charge on any atom is 0.293 e. The summed E-state index contributed by atoms with van der Waals surface area (Å²) in [6.45, 7) is 0. The molecule has 0 fully saturated rings. The number of anilines is 2. The van der Waals surface area contributed by atoms with Gasteiger partial charge in [0.05, 0.1) is 5.69 Å². The fraction of sp³-hybridized carbons (Fsp3) is 0. The number of nitrogens with zero attached hydrogens (tertiary/aromatic N) is 1. The molecule has 68 valence electrons. The topological polar surface area (TPSA) is 78.1 Å². The highest BCUT2D eigenvalue weighted by atomic mass is 19.2. The van der Waals surface area contributed by atoms with Crippen molar-refractivity contribution >= 4 is 22.8 Å². The highest BCUT2D eigenvalue weighted by Crippen LogP contribution is 2.27. The number of oxazole rings is 1. The minimum absolute atomic E-state index is 0.00523. The summed E-state index contributed by atoms with van der Waals surface area (Å²) in [6.07, 6.45) is 0. The number of fused-ring (bicyclic) bond motifs is 1. The first kappa shape index (κ1) is 7.78. The molecule has 4 nitrogen and oxygen atoms in total. The summed E-state index contributed by atoms with van der Waals surface area (Å²) in [6, 6.07) is 0.589. The van der Waals surface area contributed by atoms with Crippen molar-refractivity contribution in [3.05, 3.63) is 17.7 Å². The van der Waals surface area contributed by atoms with Crippen molar-refractivity contribution < 1.29 is 13.2 Å². The molecule has 0 saturated carbocycles. The molecule has 0 spiro atoms. The Kier molecular flexibility index (Phi) is 1.39. The molecule has 0 saturated heterocycles. The lowest BCUT2D eigenvalue weighted by Gasteiger charge is -1.95. The fourth-order valence-corrected chi connectivity index (χ4v) is 1.06. The molecule has 2 rings (SSSR count). The van der Waals surface area contributed by atoms with Crippen molar-refractivity contribution in [2.75, 3.05) is 11.5 Å². The molecule has 0 amide bonds. The third kappa shape index (κ3) is 0.986. The van der Waals surface area contributed by atoms with Gasteiger partial charge >= 0.3 is 0 Å². The van der Waals surface area contributed by atoms with Crippen molar-refractivity contribution in [1.82, 2.24) is 4.98 Å². The van der Waals surface area contributed by atoms with Gasteiger partial charge in [-0.15, -0.1) is 0 Å². The van der Waals surface area contributed by atoms with Gasteiger partial charge < -0.3 is 15.9 Å². The van der Waals surface area contributed by atoms with E-state index in [0.29, 0.717) is 0 Å². The quantitative estimate of drug-likeness (QED) is 0.606. The van der Waals surface area contributed by atoms with Crippen LogP contribution in [0.1, 0.15) is 0 Å². The molecular weight excluding hydrogens is 180 g/mol. The Morgan fingerprint density at radius 1 is 1.31 bits per heavy atom. The Balaban J connectivity index is 2.95. The monoisotopic (exact) mass is 185 g/mol. The molecule has 0 bridgehead atoms. The van der Waals surface area contributed by atoms with Gasteiger partial charge in [-0.25, -0.2) is 4.39 Å². The molecule has 0 atom stereocenters. The number of nitrogen functional groups attached to an aromatic ring is 2. The molecule has 13 heavy (non-hydrogen) atoms. The number of nitrogens with two attached hydrogens (primary N) is 2. The van der Waals surface area contributed by atoms with E-state index >= 15 is 0 Å². The summed E-state index contributed by atoms with van der Waals surface area (Å²) >= 11 is 0. The van der Waals surface area contributed by atoms with Gasteiger partial charge in [-0.05, 0) is 0 Å². The van der Waals surface area contributed by atoms with E-state index in [1.54, 1.807) is 0 Å². The van der Waals surface area contributed by atoms with Crippen molar-refractivity contribution in [2.24, 2.45) is 0 Å². The minimum Gasteiger partial charge on any atom is -0.420 e. The number of rotatable bonds is 0.